The molecule has 0 bridgehead atoms. The van der Waals surface area contributed by atoms with Crippen LogP contribution >= 0.6 is 47.2 Å². The van der Waals surface area contributed by atoms with Crippen LogP contribution in [0.4, 0.5) is 0 Å². The highest BCUT2D eigenvalue weighted by atomic mass is 127. The molecule has 6 nitrogen and oxygen atoms in total. The van der Waals surface area contributed by atoms with Crippen LogP contribution in [-0.2, 0) is 31.5 Å². The Hall–Kier alpha value is -1.45. The van der Waals surface area contributed by atoms with Crippen molar-refractivity contribution >= 4 is 59.0 Å². The van der Waals surface area contributed by atoms with Gasteiger partial charge in [-0.1, -0.05) is 47.5 Å². The number of hydrogen-bond donors (Lipinski definition) is 2. The molecule has 29 heavy (non-hydrogen) atoms. The van der Waals surface area contributed by atoms with Crippen LogP contribution in [0.25, 0.3) is 0 Å². The average Bonchev–Trinajstić information content (AvgIpc) is 3.21. The third kappa shape index (κ3) is 6.26. The summed E-state index contributed by atoms with van der Waals surface area (Å²) in [6.07, 6.45) is 1.64. The van der Waals surface area contributed by atoms with Gasteiger partial charge in [-0.25, -0.2) is 0 Å². The van der Waals surface area contributed by atoms with E-state index in [2.05, 4.69) is 39.9 Å². The van der Waals surface area contributed by atoms with Crippen molar-refractivity contribution in [3.05, 3.63) is 57.3 Å². The monoisotopic (exact) mass is 549 g/mol. The first-order chi connectivity index (χ1) is 13.5. The smallest absolute Gasteiger partial charge is 0.222 e. The Morgan fingerprint density at radius 2 is 1.79 bits per heavy atom. The summed E-state index contributed by atoms with van der Waals surface area (Å²) >= 11 is 12.1. The lowest BCUT2D eigenvalue weighted by atomic mass is 10.1. The van der Waals surface area contributed by atoms with E-state index in [0.29, 0.717) is 42.2 Å². The number of likely N-dealkylation sites (tertiary alicyclic amines) is 1. The highest BCUT2D eigenvalue weighted by Crippen LogP contribution is 2.24. The molecule has 1 aromatic carbocycles. The zero-order valence-electron chi connectivity index (χ0n) is 16.5. The lowest BCUT2D eigenvalue weighted by molar-refractivity contribution is -0.128. The number of benzene rings is 1. The van der Waals surface area contributed by atoms with Crippen LogP contribution < -0.4 is 10.6 Å². The summed E-state index contributed by atoms with van der Waals surface area (Å²) in [6, 6.07) is 10.1. The summed E-state index contributed by atoms with van der Waals surface area (Å²) in [7, 11) is 3.61. The molecule has 2 heterocycles. The van der Waals surface area contributed by atoms with Crippen molar-refractivity contribution in [1.29, 1.82) is 0 Å². The molecular weight excluding hydrogens is 524 g/mol. The molecule has 2 N–H and O–H groups in total. The third-order valence-corrected chi connectivity index (χ3v) is 5.75. The maximum absolute atomic E-state index is 11.7. The van der Waals surface area contributed by atoms with E-state index >= 15 is 0 Å². The van der Waals surface area contributed by atoms with Gasteiger partial charge < -0.3 is 20.1 Å². The minimum Gasteiger partial charge on any atom is -0.352 e. The molecule has 158 valence electrons. The fourth-order valence-corrected chi connectivity index (χ4v) is 3.61. The fraction of sp³-hybridized carbons (Fsp3) is 0.400. The Bertz CT molecular complexity index is 867. The summed E-state index contributed by atoms with van der Waals surface area (Å²) in [4.78, 5) is 17.9. The van der Waals surface area contributed by atoms with Gasteiger partial charge in [-0.15, -0.1) is 24.0 Å². The second-order valence-electron chi connectivity index (χ2n) is 6.85. The number of carbonyl (C=O) groups is 1. The van der Waals surface area contributed by atoms with Crippen LogP contribution in [0, 0.1) is 0 Å². The average molecular weight is 550 g/mol. The van der Waals surface area contributed by atoms with Crippen LogP contribution in [-0.4, -0.2) is 34.9 Å². The largest absolute Gasteiger partial charge is 0.352 e. The van der Waals surface area contributed by atoms with Gasteiger partial charge >= 0.3 is 0 Å². The summed E-state index contributed by atoms with van der Waals surface area (Å²) < 4.78 is 1.84. The summed E-state index contributed by atoms with van der Waals surface area (Å²) in [6.45, 7) is 2.77. The summed E-state index contributed by atoms with van der Waals surface area (Å²) in [5, 5.41) is 7.62. The number of nitrogens with zero attached hydrogens (tertiary/aromatic N) is 3. The van der Waals surface area contributed by atoms with E-state index in [1.54, 1.807) is 7.05 Å². The van der Waals surface area contributed by atoms with Crippen LogP contribution in [0.1, 0.15) is 29.7 Å². The van der Waals surface area contributed by atoms with E-state index in [4.69, 9.17) is 23.2 Å². The van der Waals surface area contributed by atoms with Gasteiger partial charge in [-0.3, -0.25) is 9.79 Å². The topological polar surface area (TPSA) is 61.7 Å². The van der Waals surface area contributed by atoms with Crippen molar-refractivity contribution < 1.29 is 4.79 Å². The first kappa shape index (κ1) is 23.8. The van der Waals surface area contributed by atoms with Crippen molar-refractivity contribution in [2.75, 3.05) is 13.6 Å². The van der Waals surface area contributed by atoms with E-state index < -0.39 is 0 Å². The molecule has 1 aliphatic rings. The standard InChI is InChI=1S/C20H25Cl2N5O.HI/c1-23-20(25-12-16-10-17(21)19(22)26(16)2)24-11-14-5-7-15(8-6-14)13-27-9-3-4-18(27)28;/h5-8,10H,3-4,9,11-13H2,1-2H3,(H2,23,24,25);1H. The van der Waals surface area contributed by atoms with Crippen LogP contribution in [0.2, 0.25) is 10.2 Å². The first-order valence-corrected chi connectivity index (χ1v) is 10.0. The van der Waals surface area contributed by atoms with Crippen molar-refractivity contribution in [2.45, 2.75) is 32.5 Å². The Balaban J connectivity index is 0.00000300. The lowest BCUT2D eigenvalue weighted by Crippen LogP contribution is -2.36. The van der Waals surface area contributed by atoms with Crippen molar-refractivity contribution in [1.82, 2.24) is 20.1 Å². The molecule has 0 radical (unpaired) electrons. The van der Waals surface area contributed by atoms with E-state index in [9.17, 15) is 4.79 Å². The normalized spacial score (nSPS) is 14.1. The number of nitrogens with one attached hydrogen (secondary N) is 2. The minimum atomic E-state index is 0. The quantitative estimate of drug-likeness (QED) is 0.326. The molecule has 3 rings (SSSR count). The number of halogens is 3. The van der Waals surface area contributed by atoms with Crippen LogP contribution in [0.5, 0.6) is 0 Å². The number of hydrogen-bond acceptors (Lipinski definition) is 2. The number of guanidine groups is 1. The molecule has 0 unspecified atom stereocenters. The van der Waals surface area contributed by atoms with E-state index in [1.807, 2.05) is 22.6 Å². The molecule has 1 saturated heterocycles. The van der Waals surface area contributed by atoms with Crippen molar-refractivity contribution in [3.8, 4) is 0 Å². The molecule has 2 aromatic rings. The second-order valence-corrected chi connectivity index (χ2v) is 7.61. The molecular formula is C20H26Cl2IN5O. The molecule has 0 aliphatic carbocycles. The van der Waals surface area contributed by atoms with E-state index in [0.717, 1.165) is 29.8 Å². The Morgan fingerprint density at radius 1 is 1.14 bits per heavy atom. The predicted octanol–water partition coefficient (Wildman–Crippen LogP) is 3.94. The number of amides is 1. The highest BCUT2D eigenvalue weighted by Gasteiger charge is 2.19. The molecule has 1 aliphatic heterocycles. The minimum absolute atomic E-state index is 0. The SMILES string of the molecule is CN=C(NCc1ccc(CN2CCCC2=O)cc1)NCc1cc(Cl)c(Cl)n1C.I. The summed E-state index contributed by atoms with van der Waals surface area (Å²) in [5.74, 6) is 0.946. The summed E-state index contributed by atoms with van der Waals surface area (Å²) in [5.41, 5.74) is 3.27. The zero-order chi connectivity index (χ0) is 20.1. The molecule has 1 fully saturated rings. The highest BCUT2D eigenvalue weighted by molar-refractivity contribution is 14.0. The second kappa shape index (κ2) is 11.1. The van der Waals surface area contributed by atoms with Gasteiger partial charge in [0.1, 0.15) is 5.15 Å². The van der Waals surface area contributed by atoms with E-state index in [-0.39, 0.29) is 29.9 Å². The zero-order valence-corrected chi connectivity index (χ0v) is 20.4. The predicted molar refractivity (Wildman–Crippen MR) is 129 cm³/mol. The van der Waals surface area contributed by atoms with Crippen molar-refractivity contribution in [2.24, 2.45) is 12.0 Å². The van der Waals surface area contributed by atoms with Gasteiger partial charge in [0.25, 0.3) is 0 Å². The maximum atomic E-state index is 11.7. The molecule has 9 heteroatoms. The number of aliphatic imine (C=N–C) groups is 1. The molecule has 0 saturated carbocycles. The Kier molecular flexibility index (Phi) is 9.10. The van der Waals surface area contributed by atoms with Gasteiger partial charge in [-0.2, -0.15) is 0 Å². The molecule has 1 amide bonds. The van der Waals surface area contributed by atoms with Crippen molar-refractivity contribution in [3.63, 3.8) is 0 Å². The van der Waals surface area contributed by atoms with Crippen LogP contribution in [0.3, 0.4) is 0 Å². The lowest BCUT2D eigenvalue weighted by Gasteiger charge is -2.16. The maximum Gasteiger partial charge on any atom is 0.222 e. The number of rotatable bonds is 6. The van der Waals surface area contributed by atoms with Gasteiger partial charge in [0, 0.05) is 45.8 Å². The fourth-order valence-electron chi connectivity index (χ4n) is 3.19. The van der Waals surface area contributed by atoms with Gasteiger partial charge in [0.2, 0.25) is 5.91 Å². The van der Waals surface area contributed by atoms with E-state index in [1.165, 1.54) is 0 Å². The first-order valence-electron chi connectivity index (χ1n) is 9.27. The number of aromatic nitrogens is 1. The Labute approximate surface area is 198 Å². The molecule has 0 atom stereocenters. The third-order valence-electron chi connectivity index (χ3n) is 4.90. The molecule has 1 aromatic heterocycles. The van der Waals surface area contributed by atoms with Gasteiger partial charge in [0.15, 0.2) is 5.96 Å². The van der Waals surface area contributed by atoms with Gasteiger partial charge in [0.05, 0.1) is 11.6 Å². The molecule has 0 spiro atoms. The Morgan fingerprint density at radius 3 is 2.34 bits per heavy atom. The van der Waals surface area contributed by atoms with Gasteiger partial charge in [-0.05, 0) is 23.6 Å². The van der Waals surface area contributed by atoms with Crippen LogP contribution in [0.15, 0.2) is 35.3 Å². The number of carbonyl (C=O) groups excluding carboxylic acids is 1.